The number of rotatable bonds is 6. The van der Waals surface area contributed by atoms with Crippen molar-refractivity contribution >= 4 is 17.5 Å². The highest BCUT2D eigenvalue weighted by Gasteiger charge is 2.19. The molecule has 2 amide bonds. The van der Waals surface area contributed by atoms with E-state index in [1.165, 1.54) is 0 Å². The van der Waals surface area contributed by atoms with Gasteiger partial charge >= 0.3 is 0 Å². The second-order valence-corrected chi connectivity index (χ2v) is 6.96. The van der Waals surface area contributed by atoms with Crippen LogP contribution in [0, 0.1) is 13.8 Å². The van der Waals surface area contributed by atoms with Crippen molar-refractivity contribution in [3.05, 3.63) is 64.7 Å². The highest BCUT2D eigenvalue weighted by atomic mass is 16.2. The lowest BCUT2D eigenvalue weighted by Gasteiger charge is -2.27. The van der Waals surface area contributed by atoms with Gasteiger partial charge in [-0.25, -0.2) is 0 Å². The molecule has 0 aliphatic heterocycles. The van der Waals surface area contributed by atoms with E-state index >= 15 is 0 Å². The summed E-state index contributed by atoms with van der Waals surface area (Å²) < 4.78 is 0. The van der Waals surface area contributed by atoms with Gasteiger partial charge in [0.25, 0.3) is 5.91 Å². The van der Waals surface area contributed by atoms with E-state index in [-0.39, 0.29) is 11.8 Å². The summed E-state index contributed by atoms with van der Waals surface area (Å²) in [6, 6.07) is 13.6. The maximum atomic E-state index is 12.3. The average Bonchev–Trinajstić information content (AvgIpc) is 2.58. The fourth-order valence-corrected chi connectivity index (χ4v) is 3.11. The Kier molecular flexibility index (Phi) is 6.56. The number of para-hydroxylation sites is 1. The van der Waals surface area contributed by atoms with Crippen LogP contribution in [0.4, 0.5) is 5.69 Å². The number of amides is 2. The largest absolute Gasteiger partial charge is 0.350 e. The van der Waals surface area contributed by atoms with Crippen molar-refractivity contribution in [3.8, 4) is 0 Å². The molecule has 2 aromatic rings. The minimum Gasteiger partial charge on any atom is -0.350 e. The second-order valence-electron chi connectivity index (χ2n) is 6.96. The van der Waals surface area contributed by atoms with Crippen LogP contribution in [0.25, 0.3) is 0 Å². The van der Waals surface area contributed by atoms with Crippen LogP contribution >= 0.6 is 0 Å². The minimum absolute atomic E-state index is 0.0222. The maximum Gasteiger partial charge on any atom is 0.251 e. The molecule has 0 radical (unpaired) electrons. The molecule has 0 aliphatic carbocycles. The van der Waals surface area contributed by atoms with Crippen molar-refractivity contribution in [2.45, 2.75) is 40.5 Å². The Labute approximate surface area is 156 Å². The molecule has 4 heteroatoms. The number of carbonyl (C=O) groups excluding carboxylic acids is 2. The monoisotopic (exact) mass is 352 g/mol. The Balaban J connectivity index is 2.13. The van der Waals surface area contributed by atoms with E-state index in [4.69, 9.17) is 0 Å². The van der Waals surface area contributed by atoms with Gasteiger partial charge in [-0.2, -0.15) is 0 Å². The zero-order chi connectivity index (χ0) is 19.3. The van der Waals surface area contributed by atoms with E-state index in [2.05, 4.69) is 25.2 Å². The number of benzene rings is 2. The first-order chi connectivity index (χ1) is 12.3. The van der Waals surface area contributed by atoms with Crippen LogP contribution in [0.1, 0.15) is 53.7 Å². The predicted molar refractivity (Wildman–Crippen MR) is 107 cm³/mol. The summed E-state index contributed by atoms with van der Waals surface area (Å²) >= 11 is 0. The van der Waals surface area contributed by atoms with Crippen LogP contribution in [-0.2, 0) is 4.79 Å². The molecule has 0 aromatic heterocycles. The Morgan fingerprint density at radius 3 is 2.38 bits per heavy atom. The third kappa shape index (κ3) is 4.72. The molecular weight excluding hydrogens is 324 g/mol. The van der Waals surface area contributed by atoms with Crippen LogP contribution in [-0.4, -0.2) is 24.9 Å². The molecule has 0 saturated heterocycles. The summed E-state index contributed by atoms with van der Waals surface area (Å²) in [5.41, 5.74) is 4.85. The number of hydrogen-bond acceptors (Lipinski definition) is 2. The standard InChI is InChI=1S/C22H28N2O2/c1-15(2)20-11-7-9-17(4)21(20)24(18(5)25)13-12-23-22(26)19-10-6-8-16(3)14-19/h6-11,14-15H,12-13H2,1-5H3,(H,23,26). The number of anilines is 1. The van der Waals surface area contributed by atoms with E-state index in [1.54, 1.807) is 17.9 Å². The summed E-state index contributed by atoms with van der Waals surface area (Å²) in [5, 5.41) is 2.92. The van der Waals surface area contributed by atoms with Crippen molar-refractivity contribution in [1.82, 2.24) is 5.32 Å². The van der Waals surface area contributed by atoms with Crippen molar-refractivity contribution in [2.75, 3.05) is 18.0 Å². The van der Waals surface area contributed by atoms with Crippen molar-refractivity contribution in [1.29, 1.82) is 0 Å². The number of nitrogens with zero attached hydrogens (tertiary/aromatic N) is 1. The smallest absolute Gasteiger partial charge is 0.251 e. The van der Waals surface area contributed by atoms with Crippen LogP contribution in [0.15, 0.2) is 42.5 Å². The molecule has 138 valence electrons. The van der Waals surface area contributed by atoms with Gasteiger partial charge in [-0.1, -0.05) is 49.7 Å². The summed E-state index contributed by atoms with van der Waals surface area (Å²) in [6.45, 7) is 10.6. The van der Waals surface area contributed by atoms with Crippen molar-refractivity contribution < 1.29 is 9.59 Å². The Morgan fingerprint density at radius 2 is 1.77 bits per heavy atom. The number of aryl methyl sites for hydroxylation is 2. The topological polar surface area (TPSA) is 49.4 Å². The van der Waals surface area contributed by atoms with Gasteiger partial charge in [0.1, 0.15) is 0 Å². The SMILES string of the molecule is CC(=O)N(CCNC(=O)c1cccc(C)c1)c1c(C)cccc1C(C)C. The summed E-state index contributed by atoms with van der Waals surface area (Å²) in [7, 11) is 0. The van der Waals surface area contributed by atoms with Gasteiger partial charge in [0.05, 0.1) is 5.69 Å². The van der Waals surface area contributed by atoms with E-state index in [0.717, 1.165) is 22.4 Å². The Hall–Kier alpha value is -2.62. The fraction of sp³-hybridized carbons (Fsp3) is 0.364. The van der Waals surface area contributed by atoms with Gasteiger partial charge in [0.2, 0.25) is 5.91 Å². The number of nitrogens with one attached hydrogen (secondary N) is 1. The highest BCUT2D eigenvalue weighted by molar-refractivity contribution is 5.95. The Bertz CT molecular complexity index is 796. The first kappa shape index (κ1) is 19.7. The molecule has 0 spiro atoms. The predicted octanol–water partition coefficient (Wildman–Crippen LogP) is 4.21. The first-order valence-corrected chi connectivity index (χ1v) is 9.03. The highest BCUT2D eigenvalue weighted by Crippen LogP contribution is 2.30. The second kappa shape index (κ2) is 8.65. The van der Waals surface area contributed by atoms with E-state index in [9.17, 15) is 9.59 Å². The summed E-state index contributed by atoms with van der Waals surface area (Å²) in [5.74, 6) is 0.172. The van der Waals surface area contributed by atoms with Crippen LogP contribution in [0.2, 0.25) is 0 Å². The normalized spacial score (nSPS) is 10.7. The molecule has 1 N–H and O–H groups in total. The summed E-state index contributed by atoms with van der Waals surface area (Å²) in [6.07, 6.45) is 0. The van der Waals surface area contributed by atoms with Gasteiger partial charge in [0.15, 0.2) is 0 Å². The molecule has 0 fully saturated rings. The molecule has 0 unspecified atom stereocenters. The lowest BCUT2D eigenvalue weighted by atomic mass is 9.97. The van der Waals surface area contributed by atoms with E-state index in [1.807, 2.05) is 44.2 Å². The molecular formula is C22H28N2O2. The van der Waals surface area contributed by atoms with Crippen molar-refractivity contribution in [3.63, 3.8) is 0 Å². The molecule has 2 rings (SSSR count). The quantitative estimate of drug-likeness (QED) is 0.846. The molecule has 0 saturated carbocycles. The average molecular weight is 352 g/mol. The van der Waals surface area contributed by atoms with Crippen LogP contribution in [0.3, 0.4) is 0 Å². The molecule has 2 aromatic carbocycles. The van der Waals surface area contributed by atoms with Gasteiger partial charge in [0, 0.05) is 25.6 Å². The van der Waals surface area contributed by atoms with Crippen molar-refractivity contribution in [2.24, 2.45) is 0 Å². The zero-order valence-corrected chi connectivity index (χ0v) is 16.3. The third-order valence-corrected chi connectivity index (χ3v) is 4.44. The fourth-order valence-electron chi connectivity index (χ4n) is 3.11. The lowest BCUT2D eigenvalue weighted by Crippen LogP contribution is -2.38. The third-order valence-electron chi connectivity index (χ3n) is 4.44. The van der Waals surface area contributed by atoms with Crippen LogP contribution in [0.5, 0.6) is 0 Å². The zero-order valence-electron chi connectivity index (χ0n) is 16.3. The van der Waals surface area contributed by atoms with E-state index < -0.39 is 0 Å². The molecule has 0 aliphatic rings. The van der Waals surface area contributed by atoms with Gasteiger partial charge in [-0.15, -0.1) is 0 Å². The van der Waals surface area contributed by atoms with Gasteiger partial charge in [-0.3, -0.25) is 9.59 Å². The maximum absolute atomic E-state index is 12.3. The minimum atomic E-state index is -0.119. The molecule has 26 heavy (non-hydrogen) atoms. The lowest BCUT2D eigenvalue weighted by molar-refractivity contribution is -0.116. The molecule has 0 heterocycles. The first-order valence-electron chi connectivity index (χ1n) is 9.03. The van der Waals surface area contributed by atoms with E-state index in [0.29, 0.717) is 24.6 Å². The number of hydrogen-bond donors (Lipinski definition) is 1. The van der Waals surface area contributed by atoms with Gasteiger partial charge in [-0.05, 0) is 43.0 Å². The van der Waals surface area contributed by atoms with Gasteiger partial charge < -0.3 is 10.2 Å². The van der Waals surface area contributed by atoms with Crippen LogP contribution < -0.4 is 10.2 Å². The number of carbonyl (C=O) groups is 2. The molecule has 4 nitrogen and oxygen atoms in total. The Morgan fingerprint density at radius 1 is 1.08 bits per heavy atom. The summed E-state index contributed by atoms with van der Waals surface area (Å²) in [4.78, 5) is 26.4. The molecule has 0 bridgehead atoms. The molecule has 0 atom stereocenters.